The third kappa shape index (κ3) is 2.29. The van der Waals surface area contributed by atoms with Crippen LogP contribution in [0.1, 0.15) is 6.92 Å². The molecule has 3 aromatic rings. The Morgan fingerprint density at radius 2 is 2.00 bits per heavy atom. The number of rotatable bonds is 3. The minimum atomic E-state index is 0.742. The van der Waals surface area contributed by atoms with Gasteiger partial charge in [-0.05, 0) is 24.6 Å². The summed E-state index contributed by atoms with van der Waals surface area (Å²) in [6, 6.07) is 7.84. The molecule has 2 aromatic heterocycles. The third-order valence-corrected chi connectivity index (χ3v) is 4.01. The number of aromatic nitrogens is 2. The number of thiophene rings is 1. The summed E-state index contributed by atoms with van der Waals surface area (Å²) in [6.07, 6.45) is 1.60. The number of fused-ring (bicyclic) bond motifs is 1. The second kappa shape index (κ2) is 5.15. The van der Waals surface area contributed by atoms with Crippen LogP contribution in [-0.2, 0) is 0 Å². The first-order valence-corrected chi connectivity index (χ1v) is 7.27. The first kappa shape index (κ1) is 12.4. The highest BCUT2D eigenvalue weighted by Gasteiger charge is 2.12. The molecule has 2 heterocycles. The SMILES string of the molecule is CCNc1ncnc2scc(-c3ccc(Cl)cc3)c12. The van der Waals surface area contributed by atoms with Gasteiger partial charge in [0.25, 0.3) is 0 Å². The van der Waals surface area contributed by atoms with Crippen molar-refractivity contribution < 1.29 is 0 Å². The van der Waals surface area contributed by atoms with Crippen LogP contribution >= 0.6 is 22.9 Å². The Bertz CT molecular complexity index is 706. The average molecular weight is 290 g/mol. The molecule has 19 heavy (non-hydrogen) atoms. The van der Waals surface area contributed by atoms with Crippen LogP contribution in [0.25, 0.3) is 21.3 Å². The molecule has 1 N–H and O–H groups in total. The molecule has 3 rings (SSSR count). The second-order valence-electron chi connectivity index (χ2n) is 4.09. The van der Waals surface area contributed by atoms with Crippen molar-refractivity contribution in [1.29, 1.82) is 0 Å². The quantitative estimate of drug-likeness (QED) is 0.774. The van der Waals surface area contributed by atoms with Gasteiger partial charge in [0.05, 0.1) is 5.39 Å². The van der Waals surface area contributed by atoms with Crippen LogP contribution in [0.2, 0.25) is 5.02 Å². The third-order valence-electron chi connectivity index (χ3n) is 2.87. The van der Waals surface area contributed by atoms with E-state index in [1.165, 1.54) is 0 Å². The van der Waals surface area contributed by atoms with Gasteiger partial charge in [-0.1, -0.05) is 23.7 Å². The van der Waals surface area contributed by atoms with Gasteiger partial charge < -0.3 is 5.32 Å². The molecule has 0 aliphatic rings. The number of hydrogen-bond acceptors (Lipinski definition) is 4. The van der Waals surface area contributed by atoms with Crippen LogP contribution < -0.4 is 5.32 Å². The summed E-state index contributed by atoms with van der Waals surface area (Å²) in [5, 5.41) is 7.22. The summed E-state index contributed by atoms with van der Waals surface area (Å²) in [4.78, 5) is 9.66. The summed E-state index contributed by atoms with van der Waals surface area (Å²) in [7, 11) is 0. The predicted octanol–water partition coefficient (Wildman–Crippen LogP) is 4.44. The van der Waals surface area contributed by atoms with Gasteiger partial charge in [0, 0.05) is 22.5 Å². The minimum Gasteiger partial charge on any atom is -0.370 e. The van der Waals surface area contributed by atoms with E-state index in [4.69, 9.17) is 11.6 Å². The van der Waals surface area contributed by atoms with E-state index >= 15 is 0 Å². The highest BCUT2D eigenvalue weighted by molar-refractivity contribution is 7.17. The molecule has 1 aromatic carbocycles. The first-order valence-electron chi connectivity index (χ1n) is 6.01. The predicted molar refractivity (Wildman–Crippen MR) is 82.0 cm³/mol. The molecule has 0 fully saturated rings. The van der Waals surface area contributed by atoms with E-state index in [9.17, 15) is 0 Å². The van der Waals surface area contributed by atoms with Crippen molar-refractivity contribution in [3.05, 3.63) is 41.0 Å². The van der Waals surface area contributed by atoms with E-state index in [0.29, 0.717) is 0 Å². The average Bonchev–Trinajstić information content (AvgIpc) is 2.85. The van der Waals surface area contributed by atoms with Crippen molar-refractivity contribution in [2.45, 2.75) is 6.92 Å². The maximum atomic E-state index is 5.94. The molecular formula is C14H12ClN3S. The molecular weight excluding hydrogens is 278 g/mol. The van der Waals surface area contributed by atoms with Crippen molar-refractivity contribution in [3.8, 4) is 11.1 Å². The summed E-state index contributed by atoms with van der Waals surface area (Å²) in [5.41, 5.74) is 2.28. The fourth-order valence-electron chi connectivity index (χ4n) is 2.02. The zero-order valence-corrected chi connectivity index (χ0v) is 11.9. The largest absolute Gasteiger partial charge is 0.370 e. The van der Waals surface area contributed by atoms with Crippen molar-refractivity contribution in [3.63, 3.8) is 0 Å². The van der Waals surface area contributed by atoms with Crippen LogP contribution in [0.15, 0.2) is 36.0 Å². The molecule has 0 aliphatic carbocycles. The second-order valence-corrected chi connectivity index (χ2v) is 5.38. The fourth-order valence-corrected chi connectivity index (χ4v) is 3.06. The molecule has 0 unspecified atom stereocenters. The molecule has 0 bridgehead atoms. The fraction of sp³-hybridized carbons (Fsp3) is 0.143. The number of nitrogens with one attached hydrogen (secondary N) is 1. The first-order chi connectivity index (χ1) is 9.29. The van der Waals surface area contributed by atoms with Gasteiger partial charge in [-0.15, -0.1) is 11.3 Å². The molecule has 0 atom stereocenters. The molecule has 0 saturated carbocycles. The Balaban J connectivity index is 2.21. The molecule has 0 saturated heterocycles. The van der Waals surface area contributed by atoms with Gasteiger partial charge in [-0.3, -0.25) is 0 Å². The van der Waals surface area contributed by atoms with Gasteiger partial charge in [0.2, 0.25) is 0 Å². The maximum Gasteiger partial charge on any atom is 0.138 e. The maximum absolute atomic E-state index is 5.94. The van der Waals surface area contributed by atoms with Crippen molar-refractivity contribution >= 4 is 39.0 Å². The van der Waals surface area contributed by atoms with E-state index in [2.05, 4.69) is 27.6 Å². The Labute approximate surface area is 120 Å². The van der Waals surface area contributed by atoms with Gasteiger partial charge >= 0.3 is 0 Å². The summed E-state index contributed by atoms with van der Waals surface area (Å²) in [6.45, 7) is 2.89. The zero-order chi connectivity index (χ0) is 13.2. The highest BCUT2D eigenvalue weighted by atomic mass is 35.5. The van der Waals surface area contributed by atoms with Crippen LogP contribution in [0.4, 0.5) is 5.82 Å². The van der Waals surface area contributed by atoms with Crippen molar-refractivity contribution in [2.75, 3.05) is 11.9 Å². The lowest BCUT2D eigenvalue weighted by atomic mass is 10.1. The van der Waals surface area contributed by atoms with Gasteiger partial charge in [0.1, 0.15) is 17.0 Å². The van der Waals surface area contributed by atoms with Gasteiger partial charge in [-0.2, -0.15) is 0 Å². The van der Waals surface area contributed by atoms with Gasteiger partial charge in [0.15, 0.2) is 0 Å². The van der Waals surface area contributed by atoms with E-state index in [-0.39, 0.29) is 0 Å². The summed E-state index contributed by atoms with van der Waals surface area (Å²) >= 11 is 7.57. The Kier molecular flexibility index (Phi) is 3.36. The van der Waals surface area contributed by atoms with Crippen LogP contribution in [0, 0.1) is 0 Å². The Morgan fingerprint density at radius 1 is 1.21 bits per heavy atom. The number of halogens is 1. The smallest absolute Gasteiger partial charge is 0.138 e. The lowest BCUT2D eigenvalue weighted by Gasteiger charge is -2.06. The lowest BCUT2D eigenvalue weighted by molar-refractivity contribution is 1.15. The molecule has 3 nitrogen and oxygen atoms in total. The standard InChI is InChI=1S/C14H12ClN3S/c1-2-16-13-12-11(7-19-14(12)18-8-17-13)9-3-5-10(15)6-4-9/h3-8H,2H2,1H3,(H,16,17,18). The molecule has 0 radical (unpaired) electrons. The molecule has 0 amide bonds. The van der Waals surface area contributed by atoms with Crippen molar-refractivity contribution in [2.24, 2.45) is 0 Å². The van der Waals surface area contributed by atoms with Gasteiger partial charge in [-0.25, -0.2) is 9.97 Å². The molecule has 5 heteroatoms. The molecule has 0 aliphatic heterocycles. The van der Waals surface area contributed by atoms with E-state index in [0.717, 1.165) is 38.7 Å². The number of nitrogens with zero attached hydrogens (tertiary/aromatic N) is 2. The van der Waals surface area contributed by atoms with E-state index in [1.54, 1.807) is 17.7 Å². The topological polar surface area (TPSA) is 37.8 Å². The summed E-state index contributed by atoms with van der Waals surface area (Å²) < 4.78 is 0. The number of benzene rings is 1. The number of hydrogen-bond donors (Lipinski definition) is 1. The van der Waals surface area contributed by atoms with Crippen LogP contribution in [0.3, 0.4) is 0 Å². The Hall–Kier alpha value is -1.65. The molecule has 96 valence electrons. The number of anilines is 1. The normalized spacial score (nSPS) is 10.8. The highest BCUT2D eigenvalue weighted by Crippen LogP contribution is 2.36. The monoisotopic (exact) mass is 289 g/mol. The van der Waals surface area contributed by atoms with Crippen LogP contribution in [0.5, 0.6) is 0 Å². The van der Waals surface area contributed by atoms with E-state index < -0.39 is 0 Å². The minimum absolute atomic E-state index is 0.742. The Morgan fingerprint density at radius 3 is 2.74 bits per heavy atom. The van der Waals surface area contributed by atoms with Crippen molar-refractivity contribution in [1.82, 2.24) is 9.97 Å². The lowest BCUT2D eigenvalue weighted by Crippen LogP contribution is -2.00. The molecule has 0 spiro atoms. The zero-order valence-electron chi connectivity index (χ0n) is 10.4. The summed E-state index contributed by atoms with van der Waals surface area (Å²) in [5.74, 6) is 0.888. The van der Waals surface area contributed by atoms with E-state index in [1.807, 2.05) is 24.3 Å². The van der Waals surface area contributed by atoms with Crippen LogP contribution in [-0.4, -0.2) is 16.5 Å².